The number of nitrogens with two attached hydrogens (primary N) is 1. The van der Waals surface area contributed by atoms with Crippen molar-refractivity contribution < 1.29 is 75.0 Å². The van der Waals surface area contributed by atoms with Crippen molar-refractivity contribution in [3.63, 3.8) is 0 Å². The lowest BCUT2D eigenvalue weighted by molar-refractivity contribution is -0.126. The van der Waals surface area contributed by atoms with Crippen LogP contribution < -0.4 is 26.8 Å². The van der Waals surface area contributed by atoms with Crippen molar-refractivity contribution in [1.82, 2.24) is 20.2 Å². The van der Waals surface area contributed by atoms with Gasteiger partial charge in [0.2, 0.25) is 5.91 Å². The molecular weight excluding hydrogens is 825 g/mol. The molecule has 312 valence electrons. The summed E-state index contributed by atoms with van der Waals surface area (Å²) in [6.07, 6.45) is 1.61. The van der Waals surface area contributed by atoms with Gasteiger partial charge in [-0.3, -0.25) is 18.7 Å². The number of aromatic nitrogens is 2. The molecule has 5 atom stereocenters. The number of phosphoric acid groups is 3. The highest BCUT2D eigenvalue weighted by atomic mass is 31.3. The first-order chi connectivity index (χ1) is 26.9. The number of anilines is 1. The summed E-state index contributed by atoms with van der Waals surface area (Å²) in [5, 5.41) is 8.99. The van der Waals surface area contributed by atoms with Gasteiger partial charge < -0.3 is 54.9 Å². The number of carbonyl (C=O) groups is 2. The number of azide groups is 1. The Morgan fingerprint density at radius 3 is 2.60 bits per heavy atom. The first-order valence-corrected chi connectivity index (χ1v) is 21.3. The van der Waals surface area contributed by atoms with Gasteiger partial charge >= 0.3 is 29.2 Å². The van der Waals surface area contributed by atoms with Crippen LogP contribution >= 0.6 is 23.5 Å². The summed E-state index contributed by atoms with van der Waals surface area (Å²) in [5.74, 6) is 4.75. The number of nitrogens with one attached hydrogen (secondary N) is 2. The molecule has 2 amide bonds. The predicted octanol–water partition coefficient (Wildman–Crippen LogP) is 1.34. The molecule has 57 heavy (non-hydrogen) atoms. The molecule has 1 aliphatic heterocycles. The van der Waals surface area contributed by atoms with Crippen molar-refractivity contribution in [2.75, 3.05) is 45.3 Å². The number of hydrogen-bond acceptors (Lipinski definition) is 16. The number of amides is 2. The Morgan fingerprint density at radius 1 is 1.12 bits per heavy atom. The average molecular weight is 865 g/mol. The molecule has 0 bridgehead atoms. The Morgan fingerprint density at radius 2 is 1.89 bits per heavy atom. The molecule has 2 fully saturated rings. The molecule has 2 aliphatic rings. The molecule has 25 nitrogen and oxygen atoms in total. The van der Waals surface area contributed by atoms with Gasteiger partial charge in [-0.25, -0.2) is 18.5 Å². The molecule has 1 aromatic carbocycles. The van der Waals surface area contributed by atoms with Crippen molar-refractivity contribution in [3.8, 4) is 17.6 Å². The highest BCUT2D eigenvalue weighted by Crippen LogP contribution is 2.66. The van der Waals surface area contributed by atoms with Gasteiger partial charge in [0.1, 0.15) is 31.0 Å². The molecule has 1 saturated carbocycles. The first kappa shape index (κ1) is 45.5. The second-order valence-electron chi connectivity index (χ2n) is 12.0. The molecule has 8 N–H and O–H groups in total. The molecule has 1 aromatic heterocycles. The summed E-state index contributed by atoms with van der Waals surface area (Å²) in [4.78, 5) is 79.7. The van der Waals surface area contributed by atoms with Crippen LogP contribution in [0.2, 0.25) is 0 Å². The van der Waals surface area contributed by atoms with Crippen LogP contribution in [0.3, 0.4) is 0 Å². The van der Waals surface area contributed by atoms with Crippen LogP contribution in [0.5, 0.6) is 5.75 Å². The van der Waals surface area contributed by atoms with Crippen molar-refractivity contribution in [2.24, 2.45) is 5.11 Å². The van der Waals surface area contributed by atoms with Crippen LogP contribution in [0.4, 0.5) is 5.82 Å². The Hall–Kier alpha value is -4.20. The summed E-state index contributed by atoms with van der Waals surface area (Å²) in [5.41, 5.74) is 14.4. The number of hydrogen-bond donors (Lipinski definition) is 7. The molecule has 0 radical (unpaired) electrons. The number of ether oxygens (including phenoxy) is 4. The topological polar surface area (TPSA) is 365 Å². The fourth-order valence-electron chi connectivity index (χ4n) is 4.91. The van der Waals surface area contributed by atoms with Crippen LogP contribution in [0.15, 0.2) is 40.4 Å². The summed E-state index contributed by atoms with van der Waals surface area (Å²) in [6.45, 7) is -1.46. The third kappa shape index (κ3) is 15.9. The van der Waals surface area contributed by atoms with E-state index in [9.17, 15) is 37.9 Å². The fraction of sp³-hybridized carbons (Fsp3) is 0.517. The van der Waals surface area contributed by atoms with Crippen LogP contribution in [0.25, 0.3) is 10.4 Å². The number of rotatable bonds is 21. The molecule has 28 heteroatoms. The van der Waals surface area contributed by atoms with E-state index in [4.69, 9.17) is 40.0 Å². The average Bonchev–Trinajstić information content (AvgIpc) is 3.57. The standard InChI is InChI=1S/C29H39N8O17P3/c30-27-20(15-37(29(40)34-27)26-10-9-23(52-26)16-51-56(44,45)54-57(46,47)53-55(41,42)43)5-3-11-32-24(38)17-48-12-13-49-25(35-36-31)18-50-22-8-1-4-19(14-22)28(39)33-21-6-2-7-21/h1,4,8,14-15,21,23,25-26H,2,6-7,9-13,16-18H2,(H,32,38)(H,33,39)(H,44,45)(H,46,47)(H2,30,34,40)(H2,41,42,43)/t23-,25?,26+/m0/s1. The maximum atomic E-state index is 12.5. The monoisotopic (exact) mass is 864 g/mol. The summed E-state index contributed by atoms with van der Waals surface area (Å²) in [6, 6.07) is 6.73. The zero-order chi connectivity index (χ0) is 41.6. The minimum absolute atomic E-state index is 0.0421. The molecule has 1 saturated heterocycles. The van der Waals surface area contributed by atoms with Crippen molar-refractivity contribution in [3.05, 3.63) is 62.5 Å². The molecule has 3 unspecified atom stereocenters. The molecule has 1 aliphatic carbocycles. The van der Waals surface area contributed by atoms with E-state index in [1.807, 2.05) is 0 Å². The highest BCUT2D eigenvalue weighted by molar-refractivity contribution is 7.66. The van der Waals surface area contributed by atoms with E-state index >= 15 is 0 Å². The Balaban J connectivity index is 1.16. The first-order valence-electron chi connectivity index (χ1n) is 16.8. The van der Waals surface area contributed by atoms with Gasteiger partial charge in [0.25, 0.3) is 5.91 Å². The molecular formula is C29H39N8O17P3. The third-order valence-electron chi connectivity index (χ3n) is 7.69. The van der Waals surface area contributed by atoms with Crippen molar-refractivity contribution in [1.29, 1.82) is 0 Å². The summed E-state index contributed by atoms with van der Waals surface area (Å²) in [7, 11) is -16.6. The number of nitrogen functional groups attached to an aromatic ring is 1. The van der Waals surface area contributed by atoms with Gasteiger partial charge in [-0.2, -0.15) is 13.6 Å². The van der Waals surface area contributed by atoms with Crippen LogP contribution in [0, 0.1) is 11.8 Å². The van der Waals surface area contributed by atoms with Crippen LogP contribution in [-0.2, 0) is 45.8 Å². The van der Waals surface area contributed by atoms with Gasteiger partial charge in [0, 0.05) is 22.7 Å². The van der Waals surface area contributed by atoms with E-state index in [0.29, 0.717) is 11.3 Å². The second-order valence-corrected chi connectivity index (χ2v) is 16.4. The second kappa shape index (κ2) is 21.0. The van der Waals surface area contributed by atoms with Gasteiger partial charge in [-0.05, 0) is 55.8 Å². The third-order valence-corrected chi connectivity index (χ3v) is 11.5. The lowest BCUT2D eigenvalue weighted by atomic mass is 9.93. The van der Waals surface area contributed by atoms with Crippen molar-refractivity contribution in [2.45, 2.75) is 56.7 Å². The van der Waals surface area contributed by atoms with E-state index in [1.54, 1.807) is 24.3 Å². The van der Waals surface area contributed by atoms with Gasteiger partial charge in [0.15, 0.2) is 6.23 Å². The van der Waals surface area contributed by atoms with Crippen molar-refractivity contribution >= 4 is 41.1 Å². The summed E-state index contributed by atoms with van der Waals surface area (Å²) >= 11 is 0. The molecule has 2 aromatic rings. The van der Waals surface area contributed by atoms with E-state index in [0.717, 1.165) is 23.8 Å². The minimum atomic E-state index is -5.70. The van der Waals surface area contributed by atoms with E-state index < -0.39 is 60.2 Å². The maximum absolute atomic E-state index is 12.5. The summed E-state index contributed by atoms with van der Waals surface area (Å²) < 4.78 is 69.2. The van der Waals surface area contributed by atoms with E-state index in [2.05, 4.69) is 50.6 Å². The van der Waals surface area contributed by atoms with E-state index in [1.165, 1.54) is 6.20 Å². The fourth-order valence-corrected chi connectivity index (χ4v) is 7.96. The predicted molar refractivity (Wildman–Crippen MR) is 193 cm³/mol. The zero-order valence-electron chi connectivity index (χ0n) is 29.7. The highest BCUT2D eigenvalue weighted by Gasteiger charge is 2.41. The normalized spacial score (nSPS) is 19.4. The van der Waals surface area contributed by atoms with Crippen LogP contribution in [-0.4, -0.2) is 98.9 Å². The number of phosphoric ester groups is 1. The number of nitrogens with zero attached hydrogens (tertiary/aromatic N) is 5. The van der Waals surface area contributed by atoms with Gasteiger partial charge in [-0.15, -0.1) is 0 Å². The van der Waals surface area contributed by atoms with E-state index in [-0.39, 0.29) is 69.1 Å². The van der Waals surface area contributed by atoms with Gasteiger partial charge in [0.05, 0.1) is 38.0 Å². The number of benzene rings is 1. The molecule has 4 rings (SSSR count). The smallest absolute Gasteiger partial charge is 0.490 e. The van der Waals surface area contributed by atoms with Gasteiger partial charge in [-0.1, -0.05) is 23.0 Å². The maximum Gasteiger partial charge on any atom is 0.490 e. The zero-order valence-corrected chi connectivity index (χ0v) is 32.4. The minimum Gasteiger partial charge on any atom is -0.491 e. The quantitative estimate of drug-likeness (QED) is 0.0232. The molecule has 0 spiro atoms. The number of carbonyl (C=O) groups excluding carboxylic acids is 2. The SMILES string of the molecule is [N-]=[N+]=NC(COc1cccc(C(=O)NC2CCC2)c1)OCCOCC(=O)NCC#Cc1cn([C@H]2CC[C@@H](COP(=O)(O)OP(=O)(O)OP(=O)(O)O)O2)c(=O)nc1N. The van der Waals surface area contributed by atoms with Crippen LogP contribution in [0.1, 0.15) is 54.3 Å². The largest absolute Gasteiger partial charge is 0.491 e. The Labute approximate surface area is 323 Å². The Kier molecular flexibility index (Phi) is 16.8. The molecule has 2 heterocycles. The lowest BCUT2D eigenvalue weighted by Gasteiger charge is -2.26. The Bertz CT molecular complexity index is 2060. The lowest BCUT2D eigenvalue weighted by Crippen LogP contribution is -2.39.